The van der Waals surface area contributed by atoms with E-state index in [4.69, 9.17) is 0 Å². The highest BCUT2D eigenvalue weighted by Gasteiger charge is 2.15. The highest BCUT2D eigenvalue weighted by molar-refractivity contribution is 6.11. The largest absolute Gasteiger partial charge is 0.321 e. The lowest BCUT2D eigenvalue weighted by molar-refractivity contribution is -0.113. The molecule has 0 aliphatic rings. The summed E-state index contributed by atoms with van der Waals surface area (Å²) in [6, 6.07) is 23.5. The van der Waals surface area contributed by atoms with Crippen molar-refractivity contribution in [1.29, 1.82) is 0 Å². The van der Waals surface area contributed by atoms with Crippen molar-refractivity contribution in [3.63, 3.8) is 0 Å². The van der Waals surface area contributed by atoms with E-state index in [9.17, 15) is 9.59 Å². The lowest BCUT2D eigenvalue weighted by Gasteiger charge is -2.11. The van der Waals surface area contributed by atoms with Gasteiger partial charge in [-0.1, -0.05) is 48.5 Å². The van der Waals surface area contributed by atoms with Crippen LogP contribution in [0.2, 0.25) is 0 Å². The van der Waals surface area contributed by atoms with Crippen molar-refractivity contribution in [2.45, 2.75) is 0 Å². The van der Waals surface area contributed by atoms with Crippen LogP contribution in [0.25, 0.3) is 17.0 Å². The van der Waals surface area contributed by atoms with Crippen LogP contribution >= 0.6 is 0 Å². The average molecular weight is 382 g/mol. The Morgan fingerprint density at radius 2 is 1.62 bits per heavy atom. The number of carbonyl (C=O) groups is 2. The molecule has 6 nitrogen and oxygen atoms in total. The van der Waals surface area contributed by atoms with Gasteiger partial charge in [-0.3, -0.25) is 14.7 Å². The fourth-order valence-electron chi connectivity index (χ4n) is 2.88. The average Bonchev–Trinajstić information content (AvgIpc) is 3.22. The van der Waals surface area contributed by atoms with E-state index in [0.717, 1.165) is 16.5 Å². The van der Waals surface area contributed by atoms with E-state index in [1.165, 1.54) is 0 Å². The molecule has 0 atom stereocenters. The monoisotopic (exact) mass is 382 g/mol. The number of nitrogens with one attached hydrogen (secondary N) is 3. The molecule has 0 unspecified atom stereocenters. The minimum absolute atomic E-state index is 0.150. The van der Waals surface area contributed by atoms with E-state index in [2.05, 4.69) is 20.8 Å². The first kappa shape index (κ1) is 18.2. The molecule has 29 heavy (non-hydrogen) atoms. The van der Waals surface area contributed by atoms with Gasteiger partial charge in [-0.05, 0) is 42.0 Å². The first-order chi connectivity index (χ1) is 14.2. The minimum atomic E-state index is -0.416. The summed E-state index contributed by atoms with van der Waals surface area (Å²) >= 11 is 0. The first-order valence-electron chi connectivity index (χ1n) is 9.07. The molecule has 0 bridgehead atoms. The summed E-state index contributed by atoms with van der Waals surface area (Å²) in [7, 11) is 0. The standard InChI is InChI=1S/C23H18N4O2/c28-22(17-9-5-2-6-10-17)26-21(13-16-7-3-1-4-8-16)23(29)25-19-11-12-20-18(14-19)15-24-27-20/h1-15H,(H,24,27)(H,25,29)(H,26,28)/b21-13+. The van der Waals surface area contributed by atoms with Crippen LogP contribution < -0.4 is 10.6 Å². The Kier molecular flexibility index (Phi) is 5.16. The van der Waals surface area contributed by atoms with Gasteiger partial charge in [0.2, 0.25) is 0 Å². The van der Waals surface area contributed by atoms with Gasteiger partial charge in [0.15, 0.2) is 0 Å². The zero-order valence-electron chi connectivity index (χ0n) is 15.4. The van der Waals surface area contributed by atoms with Crippen LogP contribution in [0.1, 0.15) is 15.9 Å². The molecule has 0 spiro atoms. The van der Waals surface area contributed by atoms with Crippen molar-refractivity contribution in [3.05, 3.63) is 102 Å². The number of amides is 2. The molecule has 1 heterocycles. The highest BCUT2D eigenvalue weighted by Crippen LogP contribution is 2.17. The predicted octanol–water partition coefficient (Wildman–Crippen LogP) is 3.97. The molecule has 0 fully saturated rings. The van der Waals surface area contributed by atoms with Crippen molar-refractivity contribution in [2.24, 2.45) is 0 Å². The molecule has 2 amide bonds. The lowest BCUT2D eigenvalue weighted by Crippen LogP contribution is -2.30. The second-order valence-corrected chi connectivity index (χ2v) is 6.42. The summed E-state index contributed by atoms with van der Waals surface area (Å²) in [5, 5.41) is 13.3. The van der Waals surface area contributed by atoms with Gasteiger partial charge in [0.05, 0.1) is 11.7 Å². The summed E-state index contributed by atoms with van der Waals surface area (Å²) in [6.07, 6.45) is 3.33. The third kappa shape index (κ3) is 4.39. The van der Waals surface area contributed by atoms with Gasteiger partial charge in [-0.15, -0.1) is 0 Å². The van der Waals surface area contributed by atoms with E-state index in [0.29, 0.717) is 11.3 Å². The topological polar surface area (TPSA) is 86.9 Å². The fraction of sp³-hybridized carbons (Fsp3) is 0. The predicted molar refractivity (Wildman–Crippen MR) is 113 cm³/mol. The molecule has 0 aliphatic heterocycles. The third-order valence-electron chi connectivity index (χ3n) is 4.34. The molecule has 3 N–H and O–H groups in total. The van der Waals surface area contributed by atoms with Gasteiger partial charge >= 0.3 is 0 Å². The summed E-state index contributed by atoms with van der Waals surface area (Å²) in [6.45, 7) is 0. The van der Waals surface area contributed by atoms with Crippen LogP contribution in [-0.2, 0) is 4.79 Å². The van der Waals surface area contributed by atoms with Gasteiger partial charge in [-0.2, -0.15) is 5.10 Å². The molecule has 1 aromatic heterocycles. The number of rotatable bonds is 5. The van der Waals surface area contributed by atoms with Crippen LogP contribution in [0.5, 0.6) is 0 Å². The lowest BCUT2D eigenvalue weighted by atomic mass is 10.1. The second kappa shape index (κ2) is 8.22. The summed E-state index contributed by atoms with van der Waals surface area (Å²) < 4.78 is 0. The maximum absolute atomic E-state index is 12.9. The summed E-state index contributed by atoms with van der Waals surface area (Å²) in [4.78, 5) is 25.5. The maximum atomic E-state index is 12.9. The second-order valence-electron chi connectivity index (χ2n) is 6.42. The van der Waals surface area contributed by atoms with Crippen LogP contribution in [0, 0.1) is 0 Å². The molecule has 4 rings (SSSR count). The number of benzene rings is 3. The summed E-state index contributed by atoms with van der Waals surface area (Å²) in [5.74, 6) is -0.769. The molecular formula is C23H18N4O2. The molecule has 142 valence electrons. The zero-order valence-corrected chi connectivity index (χ0v) is 15.4. The normalized spacial score (nSPS) is 11.2. The minimum Gasteiger partial charge on any atom is -0.321 e. The number of aromatic amines is 1. The Balaban J connectivity index is 1.60. The van der Waals surface area contributed by atoms with E-state index >= 15 is 0 Å². The van der Waals surface area contributed by atoms with Crippen LogP contribution in [0.15, 0.2) is 90.8 Å². The highest BCUT2D eigenvalue weighted by atomic mass is 16.2. The van der Waals surface area contributed by atoms with Crippen LogP contribution in [0.3, 0.4) is 0 Å². The SMILES string of the molecule is O=C(Nc1ccc2[nH]ncc2c1)/C(=C\c1ccccc1)NC(=O)c1ccccc1. The number of nitrogens with zero attached hydrogens (tertiary/aromatic N) is 1. The van der Waals surface area contributed by atoms with E-state index in [-0.39, 0.29) is 11.6 Å². The molecule has 0 saturated heterocycles. The number of hydrogen-bond donors (Lipinski definition) is 3. The van der Waals surface area contributed by atoms with Gasteiger partial charge in [-0.25, -0.2) is 0 Å². The Morgan fingerprint density at radius 3 is 2.38 bits per heavy atom. The number of anilines is 1. The van der Waals surface area contributed by atoms with Gasteiger partial charge in [0.25, 0.3) is 11.8 Å². The van der Waals surface area contributed by atoms with Crippen molar-refractivity contribution in [1.82, 2.24) is 15.5 Å². The Labute approximate surface area is 167 Å². The Hall–Kier alpha value is -4.19. The van der Waals surface area contributed by atoms with Crippen molar-refractivity contribution >= 4 is 34.5 Å². The van der Waals surface area contributed by atoms with E-state index in [1.807, 2.05) is 48.5 Å². The number of H-pyrrole nitrogens is 1. The number of fused-ring (bicyclic) bond motifs is 1. The van der Waals surface area contributed by atoms with Crippen molar-refractivity contribution in [2.75, 3.05) is 5.32 Å². The smallest absolute Gasteiger partial charge is 0.272 e. The fourth-order valence-corrected chi connectivity index (χ4v) is 2.88. The number of hydrogen-bond acceptors (Lipinski definition) is 3. The molecular weight excluding hydrogens is 364 g/mol. The molecule has 0 saturated carbocycles. The summed E-state index contributed by atoms with van der Waals surface area (Å²) in [5.41, 5.74) is 2.91. The molecule has 6 heteroatoms. The molecule has 0 aliphatic carbocycles. The third-order valence-corrected chi connectivity index (χ3v) is 4.34. The molecule has 0 radical (unpaired) electrons. The van der Waals surface area contributed by atoms with Gasteiger partial charge in [0.1, 0.15) is 5.70 Å². The Bertz CT molecular complexity index is 1180. The quantitative estimate of drug-likeness (QED) is 0.457. The maximum Gasteiger partial charge on any atom is 0.272 e. The molecule has 4 aromatic rings. The van der Waals surface area contributed by atoms with Crippen molar-refractivity contribution in [3.8, 4) is 0 Å². The Morgan fingerprint density at radius 1 is 0.897 bits per heavy atom. The first-order valence-corrected chi connectivity index (χ1v) is 9.07. The number of carbonyl (C=O) groups excluding carboxylic acids is 2. The van der Waals surface area contributed by atoms with Gasteiger partial charge < -0.3 is 10.6 Å². The van der Waals surface area contributed by atoms with E-state index < -0.39 is 5.91 Å². The molecule has 3 aromatic carbocycles. The van der Waals surface area contributed by atoms with Crippen LogP contribution in [-0.4, -0.2) is 22.0 Å². The van der Waals surface area contributed by atoms with E-state index in [1.54, 1.807) is 42.6 Å². The van der Waals surface area contributed by atoms with Gasteiger partial charge in [0, 0.05) is 16.6 Å². The van der Waals surface area contributed by atoms with Crippen molar-refractivity contribution < 1.29 is 9.59 Å². The van der Waals surface area contributed by atoms with Crippen LogP contribution in [0.4, 0.5) is 5.69 Å². The zero-order chi connectivity index (χ0) is 20.1. The number of aromatic nitrogens is 2.